The van der Waals surface area contributed by atoms with Crippen LogP contribution in [0.3, 0.4) is 0 Å². The third-order valence-electron chi connectivity index (χ3n) is 1.46. The molecular weight excluding hydrogens is 187 g/mol. The van der Waals surface area contributed by atoms with Gasteiger partial charge >= 0.3 is 0 Å². The van der Waals surface area contributed by atoms with Crippen molar-refractivity contribution in [1.82, 2.24) is 0 Å². The highest BCUT2D eigenvalue weighted by Gasteiger charge is 2.12. The molecule has 0 aliphatic heterocycles. The summed E-state index contributed by atoms with van der Waals surface area (Å²) in [5, 5.41) is 18.0. The summed E-state index contributed by atoms with van der Waals surface area (Å²) in [6, 6.07) is 4.27. The van der Waals surface area contributed by atoms with Crippen molar-refractivity contribution >= 4 is 19.5 Å². The molecule has 13 heavy (non-hydrogen) atoms. The summed E-state index contributed by atoms with van der Waals surface area (Å²) in [6.45, 7) is 6.75. The predicted molar refractivity (Wildman–Crippen MR) is 46.3 cm³/mol. The van der Waals surface area contributed by atoms with Crippen molar-refractivity contribution in [2.75, 3.05) is 0 Å². The zero-order chi connectivity index (χ0) is 9.84. The van der Waals surface area contributed by atoms with Crippen molar-refractivity contribution in [2.45, 2.75) is 0 Å². The lowest BCUT2D eigenvalue weighted by atomic mass is 10.2. The van der Waals surface area contributed by atoms with Crippen LogP contribution >= 0.6 is 8.46 Å². The molecule has 0 saturated heterocycles. The molecule has 0 aliphatic rings. The molecule has 4 nitrogen and oxygen atoms in total. The van der Waals surface area contributed by atoms with E-state index in [9.17, 15) is 9.67 Å². The summed E-state index contributed by atoms with van der Waals surface area (Å²) in [5.74, 6) is -0.263. The number of aromatic hydroxyl groups is 1. The molecule has 0 aliphatic carbocycles. The number of hydrogen-bond acceptors (Lipinski definition) is 3. The molecule has 1 aromatic rings. The van der Waals surface area contributed by atoms with Crippen LogP contribution in [0, 0.1) is 17.9 Å². The van der Waals surface area contributed by atoms with Gasteiger partial charge in [0.2, 0.25) is 5.69 Å². The lowest BCUT2D eigenvalue weighted by Crippen LogP contribution is -1.94. The number of nitriles is 1. The van der Waals surface area contributed by atoms with E-state index in [0.29, 0.717) is 0 Å². The lowest BCUT2D eigenvalue weighted by molar-refractivity contribution is 0.474. The Balaban J connectivity index is 3.59. The van der Waals surface area contributed by atoms with Crippen LogP contribution in [0.4, 0.5) is 5.69 Å². The molecule has 1 rings (SSSR count). The molecule has 0 spiro atoms. The van der Waals surface area contributed by atoms with E-state index >= 15 is 0 Å². The number of benzene rings is 1. The molecule has 1 N–H and O–H groups in total. The number of phenols is 1. The molecule has 62 valence electrons. The van der Waals surface area contributed by atoms with Crippen molar-refractivity contribution < 1.29 is 9.67 Å². The van der Waals surface area contributed by atoms with Gasteiger partial charge in [0.05, 0.1) is 17.9 Å². The van der Waals surface area contributed by atoms with Gasteiger partial charge in [0.25, 0.3) is 0 Å². The minimum absolute atomic E-state index is 0.0563. The van der Waals surface area contributed by atoms with E-state index in [1.54, 1.807) is 6.07 Å². The molecule has 1 aromatic carbocycles. The zero-order valence-corrected chi connectivity index (χ0v) is 7.25. The summed E-state index contributed by atoms with van der Waals surface area (Å²) in [6.07, 6.45) is 0. The molecule has 0 fully saturated rings. The Morgan fingerprint density at radius 2 is 2.31 bits per heavy atom. The average molecular weight is 190 g/mol. The topological polar surface area (TPSA) is 65.4 Å². The maximum absolute atomic E-state index is 10.5. The first kappa shape index (κ1) is 9.19. The molecular formula is C8H3N2O2P. The Morgan fingerprint density at radius 1 is 1.62 bits per heavy atom. The minimum atomic E-state index is -0.331. The summed E-state index contributed by atoms with van der Waals surface area (Å²) in [4.78, 5) is 3.03. The standard InChI is InChI=1S/C8H3N2O2P/c1-10-8-5(4-9)6(11)2-3-7(8)13-12/h2-3,11H. The van der Waals surface area contributed by atoms with Gasteiger partial charge < -0.3 is 5.11 Å². The van der Waals surface area contributed by atoms with Crippen LogP contribution in [0.2, 0.25) is 0 Å². The average Bonchev–Trinajstić information content (AvgIpc) is 2.17. The van der Waals surface area contributed by atoms with E-state index in [1.165, 1.54) is 12.1 Å². The highest BCUT2D eigenvalue weighted by atomic mass is 31.1. The van der Waals surface area contributed by atoms with Gasteiger partial charge in [-0.1, -0.05) is 6.07 Å². The second-order valence-electron chi connectivity index (χ2n) is 2.14. The first-order valence-corrected chi connectivity index (χ1v) is 4.02. The lowest BCUT2D eigenvalue weighted by Gasteiger charge is -1.99. The SMILES string of the molecule is [C-]#[N+]c1c(P=O)ccc(O)c1C#N. The Labute approximate surface area is 76.1 Å². The number of phenolic OH excluding ortho intramolecular Hbond substituents is 1. The van der Waals surface area contributed by atoms with Crippen LogP contribution in [0.25, 0.3) is 4.85 Å². The number of rotatable bonds is 1. The second-order valence-corrected chi connectivity index (χ2v) is 2.81. The summed E-state index contributed by atoms with van der Waals surface area (Å²) >= 11 is 0. The van der Waals surface area contributed by atoms with Crippen LogP contribution in [0.15, 0.2) is 12.1 Å². The fourth-order valence-electron chi connectivity index (χ4n) is 0.867. The fraction of sp³-hybridized carbons (Fsp3) is 0. The summed E-state index contributed by atoms with van der Waals surface area (Å²) < 4.78 is 10.5. The molecule has 0 aromatic heterocycles. The van der Waals surface area contributed by atoms with Crippen LogP contribution in [0.5, 0.6) is 5.75 Å². The first-order valence-electron chi connectivity index (χ1n) is 3.21. The van der Waals surface area contributed by atoms with E-state index in [-0.39, 0.29) is 30.8 Å². The molecule has 0 bridgehead atoms. The highest BCUT2D eigenvalue weighted by molar-refractivity contribution is 7.34. The quantitative estimate of drug-likeness (QED) is 0.541. The van der Waals surface area contributed by atoms with Gasteiger partial charge in [-0.25, -0.2) is 4.85 Å². The second kappa shape index (κ2) is 3.67. The molecule has 0 amide bonds. The molecule has 0 saturated carbocycles. The summed E-state index contributed by atoms with van der Waals surface area (Å²) in [7, 11) is -0.331. The summed E-state index contributed by atoms with van der Waals surface area (Å²) in [5.41, 5.74) is -0.185. The van der Waals surface area contributed by atoms with Crippen molar-refractivity contribution in [3.8, 4) is 11.8 Å². The third-order valence-corrected chi connectivity index (χ3v) is 2.01. The molecule has 0 radical (unpaired) electrons. The maximum Gasteiger partial charge on any atom is 0.223 e. The van der Waals surface area contributed by atoms with E-state index in [4.69, 9.17) is 11.8 Å². The van der Waals surface area contributed by atoms with Gasteiger partial charge in [0, 0.05) is 0 Å². The monoisotopic (exact) mass is 190 g/mol. The highest BCUT2D eigenvalue weighted by Crippen LogP contribution is 2.27. The van der Waals surface area contributed by atoms with Gasteiger partial charge in [-0.2, -0.15) is 5.26 Å². The normalized spacial score (nSPS) is 9.08. The van der Waals surface area contributed by atoms with Gasteiger partial charge in [-0.05, 0) is 6.07 Å². The van der Waals surface area contributed by atoms with E-state index in [1.807, 2.05) is 0 Å². The van der Waals surface area contributed by atoms with Gasteiger partial charge in [0.1, 0.15) is 11.3 Å². The van der Waals surface area contributed by atoms with Gasteiger partial charge in [-0.15, -0.1) is 0 Å². The molecule has 0 heterocycles. The minimum Gasteiger partial charge on any atom is -0.508 e. The van der Waals surface area contributed by atoms with Crippen molar-refractivity contribution in [1.29, 1.82) is 5.26 Å². The molecule has 0 unspecified atom stereocenters. The smallest absolute Gasteiger partial charge is 0.223 e. The van der Waals surface area contributed by atoms with Crippen molar-refractivity contribution in [2.24, 2.45) is 0 Å². The van der Waals surface area contributed by atoms with Gasteiger partial charge in [0.15, 0.2) is 8.46 Å². The first-order chi connectivity index (χ1) is 6.24. The molecule has 5 heteroatoms. The number of nitrogens with zero attached hydrogens (tertiary/aromatic N) is 2. The Hall–Kier alpha value is -1.90. The van der Waals surface area contributed by atoms with Crippen LogP contribution in [-0.4, -0.2) is 5.11 Å². The van der Waals surface area contributed by atoms with Crippen LogP contribution in [-0.2, 0) is 4.57 Å². The van der Waals surface area contributed by atoms with Gasteiger partial charge in [-0.3, -0.25) is 4.57 Å². The largest absolute Gasteiger partial charge is 0.508 e. The fourth-order valence-corrected chi connectivity index (χ4v) is 1.25. The van der Waals surface area contributed by atoms with Crippen molar-refractivity contribution in [3.05, 3.63) is 29.1 Å². The van der Waals surface area contributed by atoms with E-state index < -0.39 is 0 Å². The zero-order valence-electron chi connectivity index (χ0n) is 6.35. The Kier molecular flexibility index (Phi) is 2.59. The van der Waals surface area contributed by atoms with Crippen LogP contribution in [0.1, 0.15) is 5.56 Å². The van der Waals surface area contributed by atoms with Crippen LogP contribution < -0.4 is 5.30 Å². The van der Waals surface area contributed by atoms with E-state index in [0.717, 1.165) is 0 Å². The predicted octanol–water partition coefficient (Wildman–Crippen LogP) is 1.73. The molecule has 0 atom stereocenters. The number of hydrogen-bond donors (Lipinski definition) is 1. The van der Waals surface area contributed by atoms with Crippen molar-refractivity contribution in [3.63, 3.8) is 0 Å². The Bertz CT molecular complexity index is 443. The third kappa shape index (κ3) is 1.49. The maximum atomic E-state index is 10.5. The Morgan fingerprint density at radius 3 is 2.77 bits per heavy atom. The van der Waals surface area contributed by atoms with E-state index in [2.05, 4.69) is 4.85 Å².